The van der Waals surface area contributed by atoms with Gasteiger partial charge in [0.2, 0.25) is 5.91 Å². The third-order valence-corrected chi connectivity index (χ3v) is 7.85. The van der Waals surface area contributed by atoms with Gasteiger partial charge in [0.15, 0.2) is 0 Å². The number of aromatic nitrogens is 1. The molecule has 1 aromatic heterocycles. The van der Waals surface area contributed by atoms with Gasteiger partial charge in [-0.1, -0.05) is 44.2 Å². The van der Waals surface area contributed by atoms with Crippen LogP contribution in [0.4, 0.5) is 14.5 Å². The van der Waals surface area contributed by atoms with Crippen LogP contribution in [0.15, 0.2) is 42.6 Å². The molecule has 2 fully saturated rings. The van der Waals surface area contributed by atoms with Gasteiger partial charge < -0.3 is 15.0 Å². The van der Waals surface area contributed by atoms with E-state index in [1.165, 1.54) is 24.4 Å². The fourth-order valence-electron chi connectivity index (χ4n) is 5.69. The van der Waals surface area contributed by atoms with E-state index in [-0.39, 0.29) is 66.0 Å². The largest absolute Gasteiger partial charge is 0.379 e. The minimum atomic E-state index is -3.25. The zero-order valence-electron chi connectivity index (χ0n) is 22.7. The zero-order chi connectivity index (χ0) is 26.2. The predicted octanol–water partition coefficient (Wildman–Crippen LogP) is 3.68. The number of alkyl halides is 2. The monoisotopic (exact) mass is 585 g/mol. The van der Waals surface area contributed by atoms with Gasteiger partial charge in [-0.05, 0) is 13.0 Å². The smallest absolute Gasteiger partial charge is 0.314 e. The number of piperazine rings is 1. The molecule has 3 aliphatic heterocycles. The van der Waals surface area contributed by atoms with Crippen LogP contribution in [0.3, 0.4) is 0 Å². The molecule has 0 unspecified atom stereocenters. The normalized spacial score (nSPS) is 23.5. The first-order valence-electron chi connectivity index (χ1n) is 13.2. The summed E-state index contributed by atoms with van der Waals surface area (Å²) >= 11 is 0. The molecule has 0 spiro atoms. The molecule has 0 aliphatic carbocycles. The number of nitrogens with one attached hydrogen (secondary N) is 1. The van der Waals surface area contributed by atoms with Crippen LogP contribution in [-0.4, -0.2) is 91.8 Å². The lowest BCUT2D eigenvalue weighted by atomic mass is 9.88. The molecular formula is C28H39Cl2F2N5O2. The Hall–Kier alpha value is -1.88. The number of hydrogen-bond donors (Lipinski definition) is 1. The highest BCUT2D eigenvalue weighted by molar-refractivity contribution is 5.97. The lowest BCUT2D eigenvalue weighted by molar-refractivity contribution is -0.121. The molecular weight excluding hydrogens is 547 g/mol. The second-order valence-corrected chi connectivity index (χ2v) is 11.2. The van der Waals surface area contributed by atoms with Gasteiger partial charge in [0.05, 0.1) is 25.4 Å². The number of rotatable bonds is 6. The van der Waals surface area contributed by atoms with Crippen molar-refractivity contribution in [3.63, 3.8) is 0 Å². The van der Waals surface area contributed by atoms with Gasteiger partial charge in [-0.15, -0.1) is 24.8 Å². The third kappa shape index (κ3) is 6.72. The summed E-state index contributed by atoms with van der Waals surface area (Å²) in [5, 5.41) is 3.55. The second-order valence-electron chi connectivity index (χ2n) is 11.2. The first-order valence-corrected chi connectivity index (χ1v) is 13.2. The fourth-order valence-corrected chi connectivity index (χ4v) is 5.69. The lowest BCUT2D eigenvalue weighted by Gasteiger charge is -2.42. The van der Waals surface area contributed by atoms with Gasteiger partial charge in [0.1, 0.15) is 5.69 Å². The fraction of sp³-hybridized carbons (Fsp3) is 0.571. The Morgan fingerprint density at radius 3 is 2.56 bits per heavy atom. The number of fused-ring (bicyclic) bond motifs is 1. The number of hydrogen-bond acceptors (Lipinski definition) is 6. The number of morpholine rings is 1. The summed E-state index contributed by atoms with van der Waals surface area (Å²) in [7, 11) is 0. The van der Waals surface area contributed by atoms with E-state index < -0.39 is 5.92 Å². The van der Waals surface area contributed by atoms with Crippen LogP contribution < -0.4 is 10.2 Å². The van der Waals surface area contributed by atoms with Crippen molar-refractivity contribution in [3.8, 4) is 0 Å². The van der Waals surface area contributed by atoms with Crippen molar-refractivity contribution < 1.29 is 18.3 Å². The first-order chi connectivity index (χ1) is 17.6. The summed E-state index contributed by atoms with van der Waals surface area (Å²) in [6.07, 6.45) is 1.53. The summed E-state index contributed by atoms with van der Waals surface area (Å²) in [4.78, 5) is 24.3. The van der Waals surface area contributed by atoms with E-state index in [0.717, 1.165) is 51.5 Å². The molecule has 2 saturated heterocycles. The molecule has 1 N–H and O–H groups in total. The highest BCUT2D eigenvalue weighted by atomic mass is 35.5. The summed E-state index contributed by atoms with van der Waals surface area (Å²) in [6.45, 7) is 12.6. The van der Waals surface area contributed by atoms with E-state index in [2.05, 4.69) is 27.0 Å². The number of carbonyl (C=O) groups excluding carboxylic acids is 1. The Labute approximate surface area is 242 Å². The van der Waals surface area contributed by atoms with Crippen molar-refractivity contribution >= 4 is 36.4 Å². The highest BCUT2D eigenvalue weighted by Crippen LogP contribution is 2.43. The predicted molar refractivity (Wildman–Crippen MR) is 154 cm³/mol. The van der Waals surface area contributed by atoms with Gasteiger partial charge in [-0.25, -0.2) is 0 Å². The first kappa shape index (κ1) is 31.6. The minimum absolute atomic E-state index is 0. The summed E-state index contributed by atoms with van der Waals surface area (Å²) in [6, 6.07) is 9.60. The maximum absolute atomic E-state index is 15.4. The molecule has 1 aromatic carbocycles. The maximum atomic E-state index is 15.4. The topological polar surface area (TPSA) is 60.9 Å². The molecule has 11 heteroatoms. The summed E-state index contributed by atoms with van der Waals surface area (Å²) in [5.41, 5.74) is 0.547. The van der Waals surface area contributed by atoms with E-state index in [0.29, 0.717) is 12.2 Å². The van der Waals surface area contributed by atoms with Crippen molar-refractivity contribution in [3.05, 3.63) is 59.4 Å². The number of benzene rings is 1. The van der Waals surface area contributed by atoms with Crippen molar-refractivity contribution in [2.45, 2.75) is 44.2 Å². The van der Waals surface area contributed by atoms with Crippen LogP contribution in [0.1, 0.15) is 37.6 Å². The van der Waals surface area contributed by atoms with Crippen LogP contribution >= 0.6 is 24.8 Å². The lowest BCUT2D eigenvalue weighted by Crippen LogP contribution is -2.61. The Balaban J connectivity index is 0.00000210. The molecule has 0 radical (unpaired) electrons. The molecule has 5 rings (SSSR count). The van der Waals surface area contributed by atoms with Gasteiger partial charge in [0.25, 0.3) is 0 Å². The SMILES string of the molecule is C[C@@H]1CN(CC(=O)N2CC(C)(C)c3cnc(C(F)(F)c4ccccc4)cc32)[C@@H](CN2CCOCC2)CN1.Cl.Cl. The van der Waals surface area contributed by atoms with Gasteiger partial charge in [-0.3, -0.25) is 19.6 Å². The molecule has 2 atom stereocenters. The number of anilines is 1. The standard InChI is InChI=1S/C28H37F2N5O2.2ClH/c1-20-16-34(22(14-31-20)17-33-9-11-37-12-10-33)18-26(36)35-19-27(2,3)23-15-32-25(13-24(23)35)28(29,30)21-7-5-4-6-8-21;;/h4-8,13,15,20,22,31H,9-12,14,16-19H2,1-3H3;2*1H/t20-,22-;;/m1../s1. The molecule has 2 aromatic rings. The van der Waals surface area contributed by atoms with Gasteiger partial charge >= 0.3 is 5.92 Å². The Bertz CT molecular complexity index is 1120. The second kappa shape index (κ2) is 12.7. The van der Waals surface area contributed by atoms with E-state index in [9.17, 15) is 4.79 Å². The molecule has 0 saturated carbocycles. The zero-order valence-corrected chi connectivity index (χ0v) is 24.4. The average Bonchev–Trinajstić information content (AvgIpc) is 3.17. The summed E-state index contributed by atoms with van der Waals surface area (Å²) < 4.78 is 36.2. The summed E-state index contributed by atoms with van der Waals surface area (Å²) in [5.74, 6) is -3.32. The number of pyridine rings is 1. The number of halogens is 4. The molecule has 0 bridgehead atoms. The number of amides is 1. The molecule has 1 amide bonds. The van der Waals surface area contributed by atoms with Crippen LogP contribution in [0, 0.1) is 0 Å². The number of ether oxygens (including phenoxy) is 1. The Morgan fingerprint density at radius 2 is 1.87 bits per heavy atom. The van der Waals surface area contributed by atoms with Gasteiger partial charge in [-0.2, -0.15) is 8.78 Å². The van der Waals surface area contributed by atoms with Crippen LogP contribution in [0.2, 0.25) is 0 Å². The van der Waals surface area contributed by atoms with Crippen LogP contribution in [0.5, 0.6) is 0 Å². The Morgan fingerprint density at radius 1 is 1.18 bits per heavy atom. The highest BCUT2D eigenvalue weighted by Gasteiger charge is 2.43. The van der Waals surface area contributed by atoms with Crippen LogP contribution in [-0.2, 0) is 20.9 Å². The Kier molecular flexibility index (Phi) is 10.3. The van der Waals surface area contributed by atoms with Crippen LogP contribution in [0.25, 0.3) is 0 Å². The van der Waals surface area contributed by atoms with E-state index in [4.69, 9.17) is 4.74 Å². The van der Waals surface area contributed by atoms with E-state index >= 15 is 8.78 Å². The molecule has 7 nitrogen and oxygen atoms in total. The number of carbonyl (C=O) groups is 1. The quantitative estimate of drug-likeness (QED) is 0.558. The van der Waals surface area contributed by atoms with Crippen molar-refractivity contribution in [2.24, 2.45) is 0 Å². The molecule has 216 valence electrons. The van der Waals surface area contributed by atoms with E-state index in [1.54, 1.807) is 23.1 Å². The third-order valence-electron chi connectivity index (χ3n) is 7.85. The van der Waals surface area contributed by atoms with Crippen molar-refractivity contribution in [1.29, 1.82) is 0 Å². The number of nitrogens with zero attached hydrogens (tertiary/aromatic N) is 4. The van der Waals surface area contributed by atoms with E-state index in [1.807, 2.05) is 13.8 Å². The van der Waals surface area contributed by atoms with Gasteiger partial charge in [0, 0.05) is 74.1 Å². The molecule has 4 heterocycles. The van der Waals surface area contributed by atoms with Crippen molar-refractivity contribution in [1.82, 2.24) is 20.1 Å². The van der Waals surface area contributed by atoms with Crippen molar-refractivity contribution in [2.75, 3.05) is 63.9 Å². The molecule has 39 heavy (non-hydrogen) atoms. The minimum Gasteiger partial charge on any atom is -0.379 e. The average molecular weight is 587 g/mol. The maximum Gasteiger partial charge on any atom is 0.314 e. The molecule has 3 aliphatic rings.